The maximum absolute atomic E-state index is 10.3. The molecule has 3 aromatic rings. The van der Waals surface area contributed by atoms with Crippen LogP contribution in [0.25, 0.3) is 0 Å². The molecule has 0 saturated heterocycles. The van der Waals surface area contributed by atoms with Gasteiger partial charge in [0.1, 0.15) is 25.6 Å². The van der Waals surface area contributed by atoms with Gasteiger partial charge in [-0.25, -0.2) is 10.1 Å². The van der Waals surface area contributed by atoms with Crippen LogP contribution in [0.4, 0.5) is 0 Å². The van der Waals surface area contributed by atoms with E-state index in [1.807, 2.05) is 66.7 Å². The van der Waals surface area contributed by atoms with E-state index in [-0.39, 0.29) is 26.3 Å². The Morgan fingerprint density at radius 2 is 1.29 bits per heavy atom. The largest absolute Gasteiger partial charge is 0.492 e. The number of carbonyl (C=O) groups is 2. The fraction of sp³-hybridized carbons (Fsp3) is 0.200. The third-order valence-corrected chi connectivity index (χ3v) is 4.79. The maximum Gasteiger partial charge on any atom is 0.233 e. The van der Waals surface area contributed by atoms with Gasteiger partial charge in [-0.3, -0.25) is 20.0 Å². The minimum absolute atomic E-state index is 0.0938. The normalized spacial score (nSPS) is 9.80. The molecule has 9 nitrogen and oxygen atoms in total. The number of halogens is 1. The van der Waals surface area contributed by atoms with Crippen LogP contribution < -0.4 is 14.2 Å². The standard InChI is InChI=1S/C16H17NO4.C9H10BrNO3/c18-13-17(19)10-11-20-15-8-4-5-9-16(15)21-12-14-6-2-1-3-7-14;10-8-2-1-3-9(6-8)14-5-4-11(13)7-12/h1-9,13,19H,10-12H2;1-3,6-7,13H,4-5H2. The number of hydrogen-bond donors (Lipinski definition) is 2. The van der Waals surface area contributed by atoms with Gasteiger partial charge >= 0.3 is 0 Å². The lowest BCUT2D eigenvalue weighted by Gasteiger charge is -2.14. The summed E-state index contributed by atoms with van der Waals surface area (Å²) in [4.78, 5) is 20.3. The molecule has 0 spiro atoms. The van der Waals surface area contributed by atoms with Gasteiger partial charge in [-0.05, 0) is 35.9 Å². The van der Waals surface area contributed by atoms with Crippen LogP contribution in [0.2, 0.25) is 0 Å². The van der Waals surface area contributed by atoms with Crippen LogP contribution in [0.5, 0.6) is 17.2 Å². The van der Waals surface area contributed by atoms with Gasteiger partial charge in [-0.15, -0.1) is 0 Å². The molecule has 10 heteroatoms. The summed E-state index contributed by atoms with van der Waals surface area (Å²) in [5, 5.41) is 18.9. The summed E-state index contributed by atoms with van der Waals surface area (Å²) in [5.41, 5.74) is 1.06. The Labute approximate surface area is 212 Å². The Hall–Kier alpha value is -3.60. The van der Waals surface area contributed by atoms with Crippen molar-refractivity contribution in [3.8, 4) is 17.2 Å². The number of amides is 2. The Morgan fingerprint density at radius 1 is 0.714 bits per heavy atom. The molecule has 0 atom stereocenters. The Morgan fingerprint density at radius 3 is 1.89 bits per heavy atom. The number of hydroxylamine groups is 4. The molecule has 0 aromatic heterocycles. The molecule has 186 valence electrons. The molecule has 0 aliphatic rings. The number of rotatable bonds is 13. The van der Waals surface area contributed by atoms with Crippen LogP contribution in [0.1, 0.15) is 5.56 Å². The van der Waals surface area contributed by atoms with Crippen LogP contribution in [0, 0.1) is 0 Å². The fourth-order valence-corrected chi connectivity index (χ4v) is 2.97. The lowest BCUT2D eigenvalue weighted by Crippen LogP contribution is -2.23. The first-order valence-electron chi connectivity index (χ1n) is 10.6. The molecule has 0 aliphatic carbocycles. The molecule has 0 fully saturated rings. The van der Waals surface area contributed by atoms with E-state index in [9.17, 15) is 9.59 Å². The van der Waals surface area contributed by atoms with E-state index in [0.29, 0.717) is 46.8 Å². The molecular formula is C25H27BrN2O7. The zero-order valence-electron chi connectivity index (χ0n) is 18.9. The SMILES string of the molecule is O=CN(O)CCOc1cccc(Br)c1.O=CN(O)CCOc1ccccc1OCc1ccccc1. The van der Waals surface area contributed by atoms with Gasteiger partial charge in [0.2, 0.25) is 12.8 Å². The van der Waals surface area contributed by atoms with Gasteiger partial charge in [-0.1, -0.05) is 64.5 Å². The van der Waals surface area contributed by atoms with E-state index in [1.54, 1.807) is 12.1 Å². The van der Waals surface area contributed by atoms with Crippen molar-refractivity contribution in [1.29, 1.82) is 0 Å². The number of carbonyl (C=O) groups excluding carboxylic acids is 2. The molecule has 35 heavy (non-hydrogen) atoms. The van der Waals surface area contributed by atoms with Crippen LogP contribution >= 0.6 is 15.9 Å². The van der Waals surface area contributed by atoms with E-state index in [0.717, 1.165) is 10.0 Å². The fourth-order valence-electron chi connectivity index (χ4n) is 2.59. The summed E-state index contributed by atoms with van der Waals surface area (Å²) in [7, 11) is 0. The maximum atomic E-state index is 10.3. The first-order valence-corrected chi connectivity index (χ1v) is 11.4. The predicted octanol–water partition coefficient (Wildman–Crippen LogP) is 4.17. The van der Waals surface area contributed by atoms with Crippen molar-refractivity contribution in [2.75, 3.05) is 26.3 Å². The average Bonchev–Trinajstić information content (AvgIpc) is 2.89. The van der Waals surface area contributed by atoms with Crippen molar-refractivity contribution in [2.24, 2.45) is 0 Å². The summed E-state index contributed by atoms with van der Waals surface area (Å²) >= 11 is 3.30. The molecule has 0 heterocycles. The molecule has 0 aliphatic heterocycles. The first-order chi connectivity index (χ1) is 17.0. The van der Waals surface area contributed by atoms with E-state index in [2.05, 4.69) is 15.9 Å². The number of ether oxygens (including phenoxy) is 3. The van der Waals surface area contributed by atoms with Crippen LogP contribution in [-0.4, -0.2) is 59.7 Å². The Kier molecular flexibility index (Phi) is 12.7. The number of hydrogen-bond acceptors (Lipinski definition) is 7. The second-order valence-corrected chi connectivity index (χ2v) is 7.83. The third-order valence-electron chi connectivity index (χ3n) is 4.29. The van der Waals surface area contributed by atoms with E-state index < -0.39 is 0 Å². The van der Waals surface area contributed by atoms with Gasteiger partial charge in [0.05, 0.1) is 13.1 Å². The van der Waals surface area contributed by atoms with Crippen molar-refractivity contribution in [1.82, 2.24) is 10.1 Å². The highest BCUT2D eigenvalue weighted by molar-refractivity contribution is 9.10. The summed E-state index contributed by atoms with van der Waals surface area (Å²) in [6.45, 7) is 1.13. The lowest BCUT2D eigenvalue weighted by molar-refractivity contribution is -0.151. The Balaban J connectivity index is 0.000000269. The topological polar surface area (TPSA) is 109 Å². The minimum atomic E-state index is 0.0938. The second kappa shape index (κ2) is 16.1. The summed E-state index contributed by atoms with van der Waals surface area (Å²) in [6.07, 6.45) is 0.672. The smallest absolute Gasteiger partial charge is 0.233 e. The number of nitrogens with zero attached hydrogens (tertiary/aromatic N) is 2. The third kappa shape index (κ3) is 11.4. The summed E-state index contributed by atoms with van der Waals surface area (Å²) in [6, 6.07) is 24.5. The van der Waals surface area contributed by atoms with E-state index in [1.165, 1.54) is 0 Å². The lowest BCUT2D eigenvalue weighted by atomic mass is 10.2. The zero-order valence-corrected chi connectivity index (χ0v) is 20.5. The highest BCUT2D eigenvalue weighted by Crippen LogP contribution is 2.27. The van der Waals surface area contributed by atoms with Crippen molar-refractivity contribution >= 4 is 28.8 Å². The molecule has 2 amide bonds. The van der Waals surface area contributed by atoms with Crippen molar-refractivity contribution in [3.05, 3.63) is 88.9 Å². The molecule has 3 rings (SSSR count). The first kappa shape index (κ1) is 27.6. The quantitative estimate of drug-likeness (QED) is 0.188. The summed E-state index contributed by atoms with van der Waals surface area (Å²) < 4.78 is 17.4. The van der Waals surface area contributed by atoms with Crippen LogP contribution in [0.3, 0.4) is 0 Å². The van der Waals surface area contributed by atoms with Gasteiger partial charge in [0.25, 0.3) is 0 Å². The van der Waals surface area contributed by atoms with E-state index in [4.69, 9.17) is 24.6 Å². The second-order valence-electron chi connectivity index (χ2n) is 6.91. The zero-order chi connectivity index (χ0) is 25.3. The van der Waals surface area contributed by atoms with Gasteiger partial charge < -0.3 is 14.2 Å². The Bertz CT molecular complexity index is 1020. The highest BCUT2D eigenvalue weighted by Gasteiger charge is 2.05. The number of benzene rings is 3. The highest BCUT2D eigenvalue weighted by atomic mass is 79.9. The monoisotopic (exact) mass is 546 g/mol. The molecule has 0 radical (unpaired) electrons. The number of para-hydroxylation sites is 2. The van der Waals surface area contributed by atoms with Crippen molar-refractivity contribution < 1.29 is 34.2 Å². The molecule has 2 N–H and O–H groups in total. The predicted molar refractivity (Wildman–Crippen MR) is 131 cm³/mol. The van der Waals surface area contributed by atoms with Crippen LogP contribution in [0.15, 0.2) is 83.3 Å². The van der Waals surface area contributed by atoms with Gasteiger partial charge in [0.15, 0.2) is 11.5 Å². The van der Waals surface area contributed by atoms with Crippen molar-refractivity contribution in [3.63, 3.8) is 0 Å². The summed E-state index contributed by atoms with van der Waals surface area (Å²) in [5.74, 6) is 1.89. The molecule has 0 unspecified atom stereocenters. The molecular weight excluding hydrogens is 520 g/mol. The van der Waals surface area contributed by atoms with Gasteiger partial charge in [0, 0.05) is 4.47 Å². The van der Waals surface area contributed by atoms with Crippen molar-refractivity contribution in [2.45, 2.75) is 6.61 Å². The molecule has 0 saturated carbocycles. The van der Waals surface area contributed by atoms with Crippen LogP contribution in [-0.2, 0) is 16.2 Å². The molecule has 3 aromatic carbocycles. The van der Waals surface area contributed by atoms with Gasteiger partial charge in [-0.2, -0.15) is 0 Å². The average molecular weight is 547 g/mol. The minimum Gasteiger partial charge on any atom is -0.492 e. The van der Waals surface area contributed by atoms with E-state index >= 15 is 0 Å². The molecule has 0 bridgehead atoms.